The Morgan fingerprint density at radius 1 is 1.13 bits per heavy atom. The molecule has 14 heteroatoms. The molecule has 0 radical (unpaired) electrons. The summed E-state index contributed by atoms with van der Waals surface area (Å²) < 4.78 is 68.4. The van der Waals surface area contributed by atoms with Gasteiger partial charge in [-0.1, -0.05) is 20.8 Å². The first-order chi connectivity index (χ1) is 22.7. The zero-order chi connectivity index (χ0) is 33.2. The van der Waals surface area contributed by atoms with E-state index in [0.29, 0.717) is 12.3 Å². The van der Waals surface area contributed by atoms with Crippen molar-refractivity contribution >= 4 is 43.1 Å². The number of ether oxygens (including phenoxy) is 1. The van der Waals surface area contributed by atoms with Gasteiger partial charge in [0.2, 0.25) is 0 Å². The second kappa shape index (κ2) is 12.0. The van der Waals surface area contributed by atoms with Gasteiger partial charge in [-0.2, -0.15) is 15.2 Å². The summed E-state index contributed by atoms with van der Waals surface area (Å²) in [5, 5.41) is 12.8. The first-order valence-electron chi connectivity index (χ1n) is 16.2. The summed E-state index contributed by atoms with van der Waals surface area (Å²) in [6.45, 7) is 7.90. The zero-order valence-electron chi connectivity index (χ0n) is 26.4. The SMILES string of the molecule is CC.C[C@H]1Cc2nc(-c3ccc(F)c4sc(N)c(C#N)c34)c(F)c3nc(OCC45CCCN4CCC5)nc(c23)N2CC(F)NC(F)C12. The van der Waals surface area contributed by atoms with Crippen molar-refractivity contribution in [1.82, 2.24) is 25.2 Å². The molecule has 7 heterocycles. The number of thiophene rings is 1. The van der Waals surface area contributed by atoms with Crippen molar-refractivity contribution in [2.24, 2.45) is 5.92 Å². The Labute approximate surface area is 273 Å². The molecule has 4 atom stereocenters. The Hall–Kier alpha value is -3.80. The molecule has 3 N–H and O–H groups in total. The van der Waals surface area contributed by atoms with Crippen molar-refractivity contribution in [2.75, 3.05) is 36.9 Å². The van der Waals surface area contributed by atoms with Crippen LogP contribution in [0.3, 0.4) is 0 Å². The van der Waals surface area contributed by atoms with Gasteiger partial charge < -0.3 is 15.4 Å². The molecule has 9 nitrogen and oxygen atoms in total. The van der Waals surface area contributed by atoms with E-state index in [1.165, 1.54) is 12.1 Å². The number of nitrogens with one attached hydrogen (secondary N) is 1. The van der Waals surface area contributed by atoms with Crippen LogP contribution in [0.5, 0.6) is 6.01 Å². The number of nitrogen functional groups attached to an aromatic ring is 1. The average Bonchev–Trinajstić information content (AvgIpc) is 3.72. The normalized spacial score (nSPS) is 24.8. The Kier molecular flexibility index (Phi) is 8.13. The van der Waals surface area contributed by atoms with Gasteiger partial charge in [0, 0.05) is 10.9 Å². The number of piperazine rings is 1. The van der Waals surface area contributed by atoms with Crippen LogP contribution in [0.25, 0.3) is 32.2 Å². The van der Waals surface area contributed by atoms with E-state index in [1.54, 1.807) is 4.90 Å². The van der Waals surface area contributed by atoms with Crippen LogP contribution in [0.4, 0.5) is 28.4 Å². The van der Waals surface area contributed by atoms with Crippen LogP contribution >= 0.6 is 11.3 Å². The van der Waals surface area contributed by atoms with Crippen LogP contribution in [0.1, 0.15) is 57.7 Å². The van der Waals surface area contributed by atoms with Crippen molar-refractivity contribution in [3.05, 3.63) is 35.0 Å². The lowest BCUT2D eigenvalue weighted by Crippen LogP contribution is -2.62. The topological polar surface area (TPSA) is 116 Å². The van der Waals surface area contributed by atoms with Crippen molar-refractivity contribution < 1.29 is 22.3 Å². The van der Waals surface area contributed by atoms with E-state index in [9.17, 15) is 14.0 Å². The van der Waals surface area contributed by atoms with E-state index < -0.39 is 36.2 Å². The van der Waals surface area contributed by atoms with Gasteiger partial charge in [0.05, 0.1) is 39.5 Å². The third-order valence-electron chi connectivity index (χ3n) is 10.0. The van der Waals surface area contributed by atoms with Crippen LogP contribution in [-0.4, -0.2) is 70.3 Å². The molecule has 4 aromatic rings. The molecule has 0 bridgehead atoms. The van der Waals surface area contributed by atoms with Crippen LogP contribution in [-0.2, 0) is 6.42 Å². The summed E-state index contributed by atoms with van der Waals surface area (Å²) in [6, 6.07) is 3.68. The van der Waals surface area contributed by atoms with E-state index in [4.69, 9.17) is 15.5 Å². The van der Waals surface area contributed by atoms with Crippen LogP contribution in [0, 0.1) is 28.9 Å². The number of halogens is 4. The minimum atomic E-state index is -1.72. The fourth-order valence-corrected chi connectivity index (χ4v) is 8.94. The standard InChI is InChI=1S/C31H30F4N8OS.C2H6/c1-14-10-18-21-24(22(34)23(38-18)15-4-5-17(32)26-20(15)16(11-36)28(37)45-26)40-30(44-13-31-6-2-8-42(31)9-3-7-31)41-29(21)43-12-19(33)39-27(35)25(14)43;1-2/h4-5,14,19,25,27,39H,2-3,6-10,12-13,37H2,1H3;1-2H3/t14-,19?,25?,27?;/m0./s1. The molecule has 4 aliphatic heterocycles. The van der Waals surface area contributed by atoms with Crippen molar-refractivity contribution in [2.45, 2.75) is 77.0 Å². The average molecular weight is 669 g/mol. The Bertz CT molecular complexity index is 1900. The minimum absolute atomic E-state index is 0.0341. The molecule has 0 amide bonds. The summed E-state index contributed by atoms with van der Waals surface area (Å²) in [5.74, 6) is -1.65. The highest BCUT2D eigenvalue weighted by atomic mass is 32.1. The number of aromatic nitrogens is 3. The number of nitrogens with zero attached hydrogens (tertiary/aromatic N) is 6. The second-order valence-corrected chi connectivity index (χ2v) is 13.6. The molecule has 1 aromatic carbocycles. The number of nitriles is 1. The maximum Gasteiger partial charge on any atom is 0.319 e. The summed E-state index contributed by atoms with van der Waals surface area (Å²) in [4.78, 5) is 17.9. The van der Waals surface area contributed by atoms with Gasteiger partial charge >= 0.3 is 6.01 Å². The predicted molar refractivity (Wildman–Crippen MR) is 174 cm³/mol. The molecule has 47 heavy (non-hydrogen) atoms. The Morgan fingerprint density at radius 2 is 1.87 bits per heavy atom. The van der Waals surface area contributed by atoms with Gasteiger partial charge in [-0.05, 0) is 63.2 Å². The number of hydrogen-bond donors (Lipinski definition) is 2. The number of fused-ring (bicyclic) bond motifs is 4. The third kappa shape index (κ3) is 4.96. The van der Waals surface area contributed by atoms with Gasteiger partial charge in [-0.25, -0.2) is 22.5 Å². The zero-order valence-corrected chi connectivity index (χ0v) is 27.2. The summed E-state index contributed by atoms with van der Waals surface area (Å²) in [5.41, 5.74) is 6.27. The van der Waals surface area contributed by atoms with E-state index in [-0.39, 0.29) is 73.1 Å². The van der Waals surface area contributed by atoms with Crippen LogP contribution in [0.2, 0.25) is 0 Å². The first kappa shape index (κ1) is 31.8. The number of rotatable bonds is 4. The van der Waals surface area contributed by atoms with E-state index in [2.05, 4.69) is 20.2 Å². The third-order valence-corrected chi connectivity index (χ3v) is 11.0. The molecule has 3 fully saturated rings. The predicted octanol–water partition coefficient (Wildman–Crippen LogP) is 6.23. The fraction of sp³-hybridized carbons (Fsp3) is 0.515. The fourth-order valence-electron chi connectivity index (χ4n) is 7.99. The number of nitrogens with two attached hydrogens (primary N) is 1. The second-order valence-electron chi connectivity index (χ2n) is 12.6. The van der Waals surface area contributed by atoms with Gasteiger partial charge in [-0.3, -0.25) is 10.2 Å². The largest absolute Gasteiger partial charge is 0.461 e. The smallest absolute Gasteiger partial charge is 0.319 e. The maximum absolute atomic E-state index is 16.9. The summed E-state index contributed by atoms with van der Waals surface area (Å²) >= 11 is 0.907. The Morgan fingerprint density at radius 3 is 2.60 bits per heavy atom. The highest BCUT2D eigenvalue weighted by molar-refractivity contribution is 7.23. The Balaban J connectivity index is 0.00000172. The number of benzene rings is 1. The number of pyridine rings is 1. The van der Waals surface area contributed by atoms with Crippen molar-refractivity contribution in [3.8, 4) is 23.3 Å². The summed E-state index contributed by atoms with van der Waals surface area (Å²) in [7, 11) is 0. The molecule has 3 unspecified atom stereocenters. The number of alkyl halides is 2. The maximum atomic E-state index is 16.9. The first-order valence-corrected chi connectivity index (χ1v) is 17.0. The van der Waals surface area contributed by atoms with Crippen molar-refractivity contribution in [1.29, 1.82) is 5.26 Å². The molecule has 3 aromatic heterocycles. The molecular weight excluding hydrogens is 632 g/mol. The van der Waals surface area contributed by atoms with Gasteiger partial charge in [0.1, 0.15) is 40.5 Å². The monoisotopic (exact) mass is 668 g/mol. The van der Waals surface area contributed by atoms with E-state index in [0.717, 1.165) is 50.1 Å². The molecule has 0 aliphatic carbocycles. The lowest BCUT2D eigenvalue weighted by Gasteiger charge is -2.42. The number of hydrogen-bond acceptors (Lipinski definition) is 10. The van der Waals surface area contributed by atoms with Gasteiger partial charge in [0.25, 0.3) is 0 Å². The van der Waals surface area contributed by atoms with E-state index >= 15 is 8.78 Å². The molecule has 8 rings (SSSR count). The lowest BCUT2D eigenvalue weighted by molar-refractivity contribution is 0.0886. The quantitative estimate of drug-likeness (QED) is 0.193. The molecule has 4 aliphatic rings. The molecule has 3 saturated heterocycles. The molecule has 0 saturated carbocycles. The minimum Gasteiger partial charge on any atom is -0.461 e. The molecule has 248 valence electrons. The molecule has 0 spiro atoms. The highest BCUT2D eigenvalue weighted by Gasteiger charge is 2.46. The van der Waals surface area contributed by atoms with Crippen molar-refractivity contribution in [3.63, 3.8) is 0 Å². The van der Waals surface area contributed by atoms with E-state index in [1.807, 2.05) is 26.8 Å². The molecular formula is C33H36F4N8OS. The van der Waals surface area contributed by atoms with Gasteiger partial charge in [-0.15, -0.1) is 11.3 Å². The van der Waals surface area contributed by atoms with Gasteiger partial charge in [0.15, 0.2) is 18.4 Å². The highest BCUT2D eigenvalue weighted by Crippen LogP contribution is 2.45. The lowest BCUT2D eigenvalue weighted by atomic mass is 9.93. The number of anilines is 2. The summed E-state index contributed by atoms with van der Waals surface area (Å²) in [6.07, 6.45) is 0.860. The van der Waals surface area contributed by atoms with Crippen LogP contribution < -0.4 is 20.7 Å². The van der Waals surface area contributed by atoms with Crippen LogP contribution in [0.15, 0.2) is 12.1 Å².